The molecule has 5 heteroatoms. The van der Waals surface area contributed by atoms with Gasteiger partial charge in [-0.1, -0.05) is 17.7 Å². The normalized spacial score (nSPS) is 10.9. The number of hydrogen-bond donors (Lipinski definition) is 0. The van der Waals surface area contributed by atoms with Crippen molar-refractivity contribution in [3.63, 3.8) is 0 Å². The Hall–Kier alpha value is -1.94. The highest BCUT2D eigenvalue weighted by molar-refractivity contribution is 6.30. The fourth-order valence-electron chi connectivity index (χ4n) is 1.67. The lowest BCUT2D eigenvalue weighted by Gasteiger charge is -2.02. The van der Waals surface area contributed by atoms with Crippen molar-refractivity contribution in [1.82, 2.24) is 19.4 Å². The number of hydrogen-bond acceptors (Lipinski definition) is 3. The van der Waals surface area contributed by atoms with Gasteiger partial charge in [0.05, 0.1) is 23.8 Å². The van der Waals surface area contributed by atoms with E-state index in [9.17, 15) is 0 Å². The predicted octanol–water partition coefficient (Wildman–Crippen LogP) is 2.75. The molecule has 0 atom stereocenters. The average molecular weight is 245 g/mol. The molecule has 0 N–H and O–H groups in total. The Morgan fingerprint density at radius 2 is 2.06 bits per heavy atom. The van der Waals surface area contributed by atoms with Crippen LogP contribution in [-0.2, 0) is 0 Å². The van der Waals surface area contributed by atoms with Gasteiger partial charge in [0.25, 0.3) is 0 Å². The molecule has 0 fully saturated rings. The van der Waals surface area contributed by atoms with Crippen molar-refractivity contribution < 1.29 is 0 Å². The van der Waals surface area contributed by atoms with Crippen LogP contribution in [-0.4, -0.2) is 19.4 Å². The van der Waals surface area contributed by atoms with Crippen molar-refractivity contribution in [2.75, 3.05) is 0 Å². The lowest BCUT2D eigenvalue weighted by Crippen LogP contribution is -1.93. The molecule has 0 saturated heterocycles. The molecule has 0 saturated carbocycles. The number of fused-ring (bicyclic) bond motifs is 1. The summed E-state index contributed by atoms with van der Waals surface area (Å²) in [7, 11) is 0. The van der Waals surface area contributed by atoms with Crippen LogP contribution in [0.5, 0.6) is 0 Å². The molecule has 0 aliphatic carbocycles. The monoisotopic (exact) mass is 244 g/mol. The molecule has 0 spiro atoms. The second-order valence-electron chi connectivity index (χ2n) is 3.70. The molecule has 0 bridgehead atoms. The van der Waals surface area contributed by atoms with Crippen LogP contribution >= 0.6 is 11.6 Å². The van der Waals surface area contributed by atoms with E-state index in [1.54, 1.807) is 12.4 Å². The van der Waals surface area contributed by atoms with Gasteiger partial charge in [-0.3, -0.25) is 9.38 Å². The first-order chi connectivity index (χ1) is 8.25. The van der Waals surface area contributed by atoms with Gasteiger partial charge in [-0.05, 0) is 19.1 Å². The highest BCUT2D eigenvalue weighted by Crippen LogP contribution is 2.20. The number of pyridine rings is 1. The van der Waals surface area contributed by atoms with Gasteiger partial charge in [-0.15, -0.1) is 0 Å². The molecule has 3 rings (SSSR count). The predicted molar refractivity (Wildman–Crippen MR) is 66.0 cm³/mol. The minimum Gasteiger partial charge on any atom is -0.298 e. The Labute approximate surface area is 103 Å². The molecular weight excluding hydrogens is 236 g/mol. The largest absolute Gasteiger partial charge is 0.298 e. The van der Waals surface area contributed by atoms with E-state index >= 15 is 0 Å². The third-order valence-electron chi connectivity index (χ3n) is 2.58. The lowest BCUT2D eigenvalue weighted by molar-refractivity contribution is 1.10. The quantitative estimate of drug-likeness (QED) is 0.661. The van der Waals surface area contributed by atoms with E-state index in [1.165, 1.54) is 0 Å². The first kappa shape index (κ1) is 10.2. The van der Waals surface area contributed by atoms with Crippen molar-refractivity contribution >= 4 is 17.2 Å². The second-order valence-corrected chi connectivity index (χ2v) is 4.06. The van der Waals surface area contributed by atoms with Gasteiger partial charge < -0.3 is 0 Å². The maximum absolute atomic E-state index is 5.98. The number of aryl methyl sites for hydroxylation is 1. The molecule has 3 aromatic rings. The molecule has 0 aliphatic heterocycles. The molecule has 0 amide bonds. The van der Waals surface area contributed by atoms with Gasteiger partial charge in [0.1, 0.15) is 11.3 Å². The molecule has 0 radical (unpaired) electrons. The Bertz CT molecular complexity index is 690. The summed E-state index contributed by atoms with van der Waals surface area (Å²) in [6, 6.07) is 5.83. The third-order valence-corrected chi connectivity index (χ3v) is 2.94. The zero-order valence-corrected chi connectivity index (χ0v) is 9.89. The second kappa shape index (κ2) is 3.82. The summed E-state index contributed by atoms with van der Waals surface area (Å²) in [5.74, 6) is 0. The van der Waals surface area contributed by atoms with Crippen molar-refractivity contribution in [3.8, 4) is 11.4 Å². The average Bonchev–Trinajstić information content (AvgIpc) is 2.76. The van der Waals surface area contributed by atoms with E-state index < -0.39 is 0 Å². The minimum absolute atomic E-state index is 0.424. The maximum atomic E-state index is 5.98. The van der Waals surface area contributed by atoms with E-state index in [0.29, 0.717) is 5.15 Å². The number of halogens is 1. The zero-order valence-electron chi connectivity index (χ0n) is 9.13. The molecule has 0 aromatic carbocycles. The molecule has 4 nitrogen and oxygen atoms in total. The summed E-state index contributed by atoms with van der Waals surface area (Å²) < 4.78 is 1.95. The van der Waals surface area contributed by atoms with Gasteiger partial charge in [-0.25, -0.2) is 9.97 Å². The molecule has 3 heterocycles. The topological polar surface area (TPSA) is 43.1 Å². The summed E-state index contributed by atoms with van der Waals surface area (Å²) in [6.07, 6.45) is 5.41. The molecule has 3 aromatic heterocycles. The van der Waals surface area contributed by atoms with Crippen molar-refractivity contribution in [3.05, 3.63) is 47.6 Å². The SMILES string of the molecule is Cc1ncc(-c2cnc3ccccn23)nc1Cl. The van der Waals surface area contributed by atoms with Crippen LogP contribution in [0.2, 0.25) is 5.15 Å². The number of imidazole rings is 1. The van der Waals surface area contributed by atoms with E-state index in [0.717, 1.165) is 22.7 Å². The minimum atomic E-state index is 0.424. The van der Waals surface area contributed by atoms with Crippen LogP contribution in [0.4, 0.5) is 0 Å². The van der Waals surface area contributed by atoms with Crippen LogP contribution in [0.15, 0.2) is 36.8 Å². The first-order valence-electron chi connectivity index (χ1n) is 5.17. The first-order valence-corrected chi connectivity index (χ1v) is 5.55. The van der Waals surface area contributed by atoms with Crippen molar-refractivity contribution in [2.24, 2.45) is 0 Å². The number of aromatic nitrogens is 4. The van der Waals surface area contributed by atoms with Gasteiger partial charge >= 0.3 is 0 Å². The third kappa shape index (κ3) is 1.66. The van der Waals surface area contributed by atoms with Crippen LogP contribution in [0.25, 0.3) is 17.0 Å². The smallest absolute Gasteiger partial charge is 0.151 e. The highest BCUT2D eigenvalue weighted by Gasteiger charge is 2.08. The van der Waals surface area contributed by atoms with Gasteiger partial charge in [-0.2, -0.15) is 0 Å². The molecule has 0 unspecified atom stereocenters. The Morgan fingerprint density at radius 1 is 1.18 bits per heavy atom. The molecule has 84 valence electrons. The van der Waals surface area contributed by atoms with Crippen molar-refractivity contribution in [1.29, 1.82) is 0 Å². The molecule has 0 aliphatic rings. The highest BCUT2D eigenvalue weighted by atomic mass is 35.5. The van der Waals surface area contributed by atoms with Gasteiger partial charge in [0, 0.05) is 6.20 Å². The zero-order chi connectivity index (χ0) is 11.8. The Kier molecular flexibility index (Phi) is 2.30. The van der Waals surface area contributed by atoms with E-state index in [1.807, 2.05) is 35.7 Å². The van der Waals surface area contributed by atoms with E-state index in [4.69, 9.17) is 11.6 Å². The maximum Gasteiger partial charge on any atom is 0.151 e. The molecular formula is C12H9ClN4. The summed E-state index contributed by atoms with van der Waals surface area (Å²) in [4.78, 5) is 12.8. The summed E-state index contributed by atoms with van der Waals surface area (Å²) in [5.41, 5.74) is 3.21. The number of nitrogens with zero attached hydrogens (tertiary/aromatic N) is 4. The van der Waals surface area contributed by atoms with Gasteiger partial charge in [0.2, 0.25) is 0 Å². The van der Waals surface area contributed by atoms with Crippen LogP contribution in [0, 0.1) is 6.92 Å². The van der Waals surface area contributed by atoms with Crippen LogP contribution in [0.3, 0.4) is 0 Å². The fraction of sp³-hybridized carbons (Fsp3) is 0.0833. The Balaban J connectivity index is 2.24. The van der Waals surface area contributed by atoms with E-state index in [-0.39, 0.29) is 0 Å². The lowest BCUT2D eigenvalue weighted by atomic mass is 10.3. The van der Waals surface area contributed by atoms with Crippen molar-refractivity contribution in [2.45, 2.75) is 6.92 Å². The fourth-order valence-corrected chi connectivity index (χ4v) is 1.81. The summed E-state index contributed by atoms with van der Waals surface area (Å²) in [5, 5.41) is 0.424. The van der Waals surface area contributed by atoms with Gasteiger partial charge in [0.15, 0.2) is 5.15 Å². The standard InChI is InChI=1S/C12H9ClN4/c1-8-12(13)16-9(6-14-8)10-7-15-11-4-2-3-5-17(10)11/h2-7H,1H3. The van der Waals surface area contributed by atoms with Crippen LogP contribution < -0.4 is 0 Å². The summed E-state index contributed by atoms with van der Waals surface area (Å²) >= 11 is 5.98. The Morgan fingerprint density at radius 3 is 2.88 bits per heavy atom. The summed E-state index contributed by atoms with van der Waals surface area (Å²) in [6.45, 7) is 1.83. The van der Waals surface area contributed by atoms with E-state index in [2.05, 4.69) is 15.0 Å². The van der Waals surface area contributed by atoms with Crippen LogP contribution in [0.1, 0.15) is 5.69 Å². The number of rotatable bonds is 1. The molecule has 17 heavy (non-hydrogen) atoms.